The van der Waals surface area contributed by atoms with Gasteiger partial charge in [-0.15, -0.1) is 0 Å². The summed E-state index contributed by atoms with van der Waals surface area (Å²) in [6, 6.07) is 19.3. The second kappa shape index (κ2) is 11.2. The molecule has 0 amide bonds. The van der Waals surface area contributed by atoms with Crippen LogP contribution in [0.1, 0.15) is 11.6 Å². The van der Waals surface area contributed by atoms with Gasteiger partial charge in [-0.3, -0.25) is 9.89 Å². The van der Waals surface area contributed by atoms with Gasteiger partial charge in [0.1, 0.15) is 5.75 Å². The number of para-hydroxylation sites is 1. The van der Waals surface area contributed by atoms with Gasteiger partial charge in [0.15, 0.2) is 5.96 Å². The van der Waals surface area contributed by atoms with Gasteiger partial charge < -0.3 is 24.6 Å². The number of morpholine rings is 1. The third-order valence-electron chi connectivity index (χ3n) is 6.35. The Morgan fingerprint density at radius 1 is 0.969 bits per heavy atom. The second-order valence-electron chi connectivity index (χ2n) is 8.18. The molecule has 7 nitrogen and oxygen atoms in total. The molecule has 1 atom stereocenters. The number of aliphatic imine (C=N–C) groups is 1. The maximum Gasteiger partial charge on any atom is 0.193 e. The second-order valence-corrected chi connectivity index (χ2v) is 8.18. The van der Waals surface area contributed by atoms with Gasteiger partial charge in [0.25, 0.3) is 0 Å². The summed E-state index contributed by atoms with van der Waals surface area (Å²) in [6.07, 6.45) is 0. The topological polar surface area (TPSA) is 52.6 Å². The van der Waals surface area contributed by atoms with Gasteiger partial charge in [-0.2, -0.15) is 0 Å². The van der Waals surface area contributed by atoms with Gasteiger partial charge in [0.2, 0.25) is 0 Å². The molecule has 2 aromatic carbocycles. The summed E-state index contributed by atoms with van der Waals surface area (Å²) in [5.41, 5.74) is 2.58. The molecule has 0 aliphatic carbocycles. The van der Waals surface area contributed by atoms with E-state index < -0.39 is 0 Å². The average molecular weight is 438 g/mol. The molecule has 1 unspecified atom stereocenters. The first-order chi connectivity index (χ1) is 15.8. The maximum atomic E-state index is 5.59. The van der Waals surface area contributed by atoms with Gasteiger partial charge in [-0.25, -0.2) is 0 Å². The van der Waals surface area contributed by atoms with E-state index in [1.807, 2.05) is 19.2 Å². The normalized spacial score (nSPS) is 19.0. The van der Waals surface area contributed by atoms with Crippen LogP contribution in [0, 0.1) is 0 Å². The van der Waals surface area contributed by atoms with E-state index in [2.05, 4.69) is 67.5 Å². The largest absolute Gasteiger partial charge is 0.497 e. The van der Waals surface area contributed by atoms with Crippen molar-refractivity contribution >= 4 is 11.6 Å². The molecule has 2 saturated heterocycles. The van der Waals surface area contributed by atoms with E-state index in [9.17, 15) is 0 Å². The van der Waals surface area contributed by atoms with Gasteiger partial charge in [0.05, 0.1) is 26.4 Å². The average Bonchev–Trinajstić information content (AvgIpc) is 2.88. The molecule has 0 bridgehead atoms. The number of methoxy groups -OCH3 is 1. The van der Waals surface area contributed by atoms with Crippen molar-refractivity contribution in [1.29, 1.82) is 0 Å². The van der Waals surface area contributed by atoms with Crippen LogP contribution in [0.3, 0.4) is 0 Å². The van der Waals surface area contributed by atoms with E-state index in [4.69, 9.17) is 9.47 Å². The van der Waals surface area contributed by atoms with Crippen molar-refractivity contribution in [1.82, 2.24) is 15.1 Å². The van der Waals surface area contributed by atoms with Crippen LogP contribution in [0.25, 0.3) is 0 Å². The number of hydrogen-bond donors (Lipinski definition) is 1. The SMILES string of the molecule is CN=C(NCC(c1ccc(OC)cc1)N1CCOCC1)N1CCN(c2ccccc2)CC1. The van der Waals surface area contributed by atoms with Gasteiger partial charge in [-0.1, -0.05) is 30.3 Å². The molecule has 4 rings (SSSR count). The van der Waals surface area contributed by atoms with Crippen molar-refractivity contribution in [2.24, 2.45) is 4.99 Å². The third kappa shape index (κ3) is 5.53. The summed E-state index contributed by atoms with van der Waals surface area (Å²) in [6.45, 7) is 8.15. The first-order valence-electron chi connectivity index (χ1n) is 11.5. The lowest BCUT2D eigenvalue weighted by Crippen LogP contribution is -2.54. The molecule has 2 heterocycles. The Hall–Kier alpha value is -2.77. The smallest absolute Gasteiger partial charge is 0.193 e. The fourth-order valence-corrected chi connectivity index (χ4v) is 4.51. The predicted molar refractivity (Wildman–Crippen MR) is 130 cm³/mol. The molecule has 172 valence electrons. The zero-order chi connectivity index (χ0) is 22.2. The lowest BCUT2D eigenvalue weighted by molar-refractivity contribution is 0.0169. The Morgan fingerprint density at radius 2 is 1.66 bits per heavy atom. The summed E-state index contributed by atoms with van der Waals surface area (Å²) >= 11 is 0. The number of anilines is 1. The number of benzene rings is 2. The van der Waals surface area contributed by atoms with Crippen LogP contribution in [0.2, 0.25) is 0 Å². The van der Waals surface area contributed by atoms with E-state index in [1.54, 1.807) is 7.11 Å². The number of nitrogens with zero attached hydrogens (tertiary/aromatic N) is 4. The van der Waals surface area contributed by atoms with Crippen molar-refractivity contribution < 1.29 is 9.47 Å². The minimum Gasteiger partial charge on any atom is -0.497 e. The van der Waals surface area contributed by atoms with Crippen molar-refractivity contribution in [2.75, 3.05) is 78.1 Å². The molecular formula is C25H35N5O2. The van der Waals surface area contributed by atoms with Gasteiger partial charge in [0, 0.05) is 58.5 Å². The van der Waals surface area contributed by atoms with E-state index in [0.717, 1.165) is 70.7 Å². The fourth-order valence-electron chi connectivity index (χ4n) is 4.51. The minimum atomic E-state index is 0.257. The number of hydrogen-bond acceptors (Lipinski definition) is 5. The summed E-state index contributed by atoms with van der Waals surface area (Å²) in [7, 11) is 3.58. The quantitative estimate of drug-likeness (QED) is 0.554. The standard InChI is InChI=1S/C25H35N5O2/c1-26-25(30-14-12-28(13-15-30)22-6-4-3-5-7-22)27-20-24(29-16-18-32-19-17-29)21-8-10-23(31-2)11-9-21/h3-11,24H,12-20H2,1-2H3,(H,26,27). The maximum absolute atomic E-state index is 5.59. The van der Waals surface area contributed by atoms with E-state index in [-0.39, 0.29) is 6.04 Å². The first kappa shape index (κ1) is 22.4. The zero-order valence-corrected chi connectivity index (χ0v) is 19.2. The highest BCUT2D eigenvalue weighted by Gasteiger charge is 2.25. The Kier molecular flexibility index (Phi) is 7.85. The highest BCUT2D eigenvalue weighted by atomic mass is 16.5. The summed E-state index contributed by atoms with van der Waals surface area (Å²) in [5.74, 6) is 1.86. The molecule has 0 aromatic heterocycles. The molecule has 0 radical (unpaired) electrons. The van der Waals surface area contributed by atoms with Crippen LogP contribution in [-0.4, -0.2) is 88.9 Å². The first-order valence-corrected chi connectivity index (χ1v) is 11.5. The van der Waals surface area contributed by atoms with E-state index in [0.29, 0.717) is 0 Å². The molecule has 7 heteroatoms. The van der Waals surface area contributed by atoms with Crippen molar-refractivity contribution in [2.45, 2.75) is 6.04 Å². The number of ether oxygens (including phenoxy) is 2. The zero-order valence-electron chi connectivity index (χ0n) is 19.2. The van der Waals surface area contributed by atoms with Crippen LogP contribution in [0.4, 0.5) is 5.69 Å². The molecular weight excluding hydrogens is 402 g/mol. The van der Waals surface area contributed by atoms with Crippen LogP contribution < -0.4 is 15.0 Å². The lowest BCUT2D eigenvalue weighted by atomic mass is 10.0. The van der Waals surface area contributed by atoms with Gasteiger partial charge >= 0.3 is 0 Å². The van der Waals surface area contributed by atoms with Crippen LogP contribution in [-0.2, 0) is 4.74 Å². The Balaban J connectivity index is 1.38. The number of guanidine groups is 1. The summed E-state index contributed by atoms with van der Waals surface area (Å²) < 4.78 is 10.9. The molecule has 2 fully saturated rings. The van der Waals surface area contributed by atoms with E-state index >= 15 is 0 Å². The molecule has 2 aliphatic rings. The Bertz CT molecular complexity index is 844. The number of rotatable bonds is 6. The van der Waals surface area contributed by atoms with Crippen LogP contribution in [0.5, 0.6) is 5.75 Å². The molecule has 0 spiro atoms. The summed E-state index contributed by atoms with van der Waals surface area (Å²) in [4.78, 5) is 11.9. The highest BCUT2D eigenvalue weighted by molar-refractivity contribution is 5.80. The predicted octanol–water partition coefficient (Wildman–Crippen LogP) is 2.47. The van der Waals surface area contributed by atoms with Crippen molar-refractivity contribution in [3.05, 3.63) is 60.2 Å². The van der Waals surface area contributed by atoms with Crippen molar-refractivity contribution in [3.8, 4) is 5.75 Å². The monoisotopic (exact) mass is 437 g/mol. The molecule has 1 N–H and O–H groups in total. The van der Waals surface area contributed by atoms with Gasteiger partial charge in [-0.05, 0) is 29.8 Å². The minimum absolute atomic E-state index is 0.257. The van der Waals surface area contributed by atoms with E-state index in [1.165, 1.54) is 11.3 Å². The fraction of sp³-hybridized carbons (Fsp3) is 0.480. The lowest BCUT2D eigenvalue weighted by Gasteiger charge is -2.39. The Morgan fingerprint density at radius 3 is 2.28 bits per heavy atom. The number of nitrogens with one attached hydrogen (secondary N) is 1. The molecule has 32 heavy (non-hydrogen) atoms. The third-order valence-corrected chi connectivity index (χ3v) is 6.35. The summed E-state index contributed by atoms with van der Waals surface area (Å²) in [5, 5.41) is 3.66. The van der Waals surface area contributed by atoms with Crippen LogP contribution in [0.15, 0.2) is 59.6 Å². The van der Waals surface area contributed by atoms with Crippen molar-refractivity contribution in [3.63, 3.8) is 0 Å². The van der Waals surface area contributed by atoms with Crippen LogP contribution >= 0.6 is 0 Å². The molecule has 0 saturated carbocycles. The molecule has 2 aliphatic heterocycles. The molecule has 2 aromatic rings. The number of piperazine rings is 1. The highest BCUT2D eigenvalue weighted by Crippen LogP contribution is 2.24. The Labute approximate surface area is 191 Å².